The highest BCUT2D eigenvalue weighted by Crippen LogP contribution is 2.21. The van der Waals surface area contributed by atoms with Crippen molar-refractivity contribution in [1.82, 2.24) is 9.38 Å². The van der Waals surface area contributed by atoms with Crippen LogP contribution >= 0.6 is 27.5 Å². The molecule has 13 heavy (non-hydrogen) atoms. The van der Waals surface area contributed by atoms with Crippen molar-refractivity contribution >= 4 is 39.5 Å². The number of carbonyl (C=O) groups excluding carboxylic acids is 1. The Labute approximate surface area is 87.5 Å². The molecule has 2 heterocycles. The Kier molecular flexibility index (Phi) is 2.09. The number of fused-ring (bicyclic) bond motifs is 1. The highest BCUT2D eigenvalue weighted by Gasteiger charge is 2.04. The Balaban J connectivity index is 2.82. The summed E-state index contributed by atoms with van der Waals surface area (Å²) in [5.41, 5.74) is 1.08. The molecule has 0 saturated carbocycles. The van der Waals surface area contributed by atoms with E-state index in [-0.39, 0.29) is 0 Å². The second-order valence-corrected chi connectivity index (χ2v) is 3.81. The van der Waals surface area contributed by atoms with Crippen LogP contribution in [-0.4, -0.2) is 15.7 Å². The van der Waals surface area contributed by atoms with E-state index in [0.29, 0.717) is 22.6 Å². The number of carbonyl (C=O) groups is 1. The van der Waals surface area contributed by atoms with Crippen molar-refractivity contribution in [3.63, 3.8) is 0 Å². The van der Waals surface area contributed by atoms with E-state index in [1.807, 2.05) is 0 Å². The number of hydrogen-bond acceptors (Lipinski definition) is 2. The summed E-state index contributed by atoms with van der Waals surface area (Å²) in [5, 5.41) is 0.592. The normalized spacial score (nSPS) is 10.6. The van der Waals surface area contributed by atoms with Gasteiger partial charge in [0.1, 0.15) is 5.69 Å². The van der Waals surface area contributed by atoms with E-state index >= 15 is 0 Å². The fourth-order valence-corrected chi connectivity index (χ4v) is 1.99. The zero-order valence-corrected chi connectivity index (χ0v) is 8.71. The van der Waals surface area contributed by atoms with E-state index in [0.717, 1.165) is 4.47 Å². The molecule has 2 aromatic rings. The first-order valence-corrected chi connectivity index (χ1v) is 4.67. The van der Waals surface area contributed by atoms with E-state index < -0.39 is 0 Å². The van der Waals surface area contributed by atoms with Crippen molar-refractivity contribution in [2.24, 2.45) is 0 Å². The number of halogens is 2. The Hall–Kier alpha value is -0.870. The first-order chi connectivity index (χ1) is 6.20. The van der Waals surface area contributed by atoms with Gasteiger partial charge in [-0.2, -0.15) is 0 Å². The van der Waals surface area contributed by atoms with Gasteiger partial charge in [0.25, 0.3) is 0 Å². The molecular formula is C8H4BrClN2O. The average Bonchev–Trinajstić information content (AvgIpc) is 2.47. The zero-order valence-electron chi connectivity index (χ0n) is 6.37. The third kappa shape index (κ3) is 1.47. The molecule has 2 aromatic heterocycles. The highest BCUT2D eigenvalue weighted by atomic mass is 79.9. The zero-order chi connectivity index (χ0) is 9.42. The SMILES string of the molecule is O=Cc1cn2cc(Cl)cc(Br)c2n1. The van der Waals surface area contributed by atoms with Crippen LogP contribution in [0.1, 0.15) is 10.5 Å². The number of aromatic nitrogens is 2. The molecule has 0 spiro atoms. The van der Waals surface area contributed by atoms with Gasteiger partial charge in [0.05, 0.1) is 9.50 Å². The molecule has 5 heteroatoms. The van der Waals surface area contributed by atoms with Crippen molar-refractivity contribution in [3.05, 3.63) is 33.6 Å². The third-order valence-electron chi connectivity index (χ3n) is 1.61. The minimum Gasteiger partial charge on any atom is -0.304 e. The summed E-state index contributed by atoms with van der Waals surface area (Å²) in [5.74, 6) is 0. The topological polar surface area (TPSA) is 34.4 Å². The van der Waals surface area contributed by atoms with Crippen molar-refractivity contribution in [2.75, 3.05) is 0 Å². The van der Waals surface area contributed by atoms with Crippen LogP contribution in [-0.2, 0) is 0 Å². The van der Waals surface area contributed by atoms with Crippen molar-refractivity contribution in [2.45, 2.75) is 0 Å². The summed E-state index contributed by atoms with van der Waals surface area (Å²) >= 11 is 9.12. The summed E-state index contributed by atoms with van der Waals surface area (Å²) in [6.45, 7) is 0. The molecule has 0 N–H and O–H groups in total. The fourth-order valence-electron chi connectivity index (χ4n) is 1.10. The molecule has 0 saturated heterocycles. The minimum absolute atomic E-state index is 0.392. The smallest absolute Gasteiger partial charge is 0.170 e. The average molecular weight is 259 g/mol. The van der Waals surface area contributed by atoms with Crippen LogP contribution in [0, 0.1) is 0 Å². The van der Waals surface area contributed by atoms with Gasteiger partial charge in [-0.3, -0.25) is 4.79 Å². The van der Waals surface area contributed by atoms with E-state index in [2.05, 4.69) is 20.9 Å². The van der Waals surface area contributed by atoms with Gasteiger partial charge in [-0.15, -0.1) is 0 Å². The van der Waals surface area contributed by atoms with E-state index in [4.69, 9.17) is 11.6 Å². The van der Waals surface area contributed by atoms with E-state index in [1.165, 1.54) is 0 Å². The Morgan fingerprint density at radius 2 is 2.31 bits per heavy atom. The summed E-state index contributed by atoms with van der Waals surface area (Å²) in [7, 11) is 0. The number of imidazole rings is 1. The van der Waals surface area contributed by atoms with E-state index in [9.17, 15) is 4.79 Å². The lowest BCUT2D eigenvalue weighted by Gasteiger charge is -1.96. The van der Waals surface area contributed by atoms with Gasteiger partial charge >= 0.3 is 0 Å². The van der Waals surface area contributed by atoms with Crippen molar-refractivity contribution in [3.8, 4) is 0 Å². The first-order valence-electron chi connectivity index (χ1n) is 3.49. The molecule has 0 aliphatic rings. The van der Waals surface area contributed by atoms with Crippen LogP contribution in [0.3, 0.4) is 0 Å². The van der Waals surface area contributed by atoms with Crippen LogP contribution in [0.15, 0.2) is 22.9 Å². The quantitative estimate of drug-likeness (QED) is 0.738. The summed E-state index contributed by atoms with van der Waals surface area (Å²) < 4.78 is 2.48. The number of pyridine rings is 1. The minimum atomic E-state index is 0.392. The molecule has 0 aliphatic carbocycles. The van der Waals surface area contributed by atoms with Crippen LogP contribution in [0.25, 0.3) is 5.65 Å². The lowest BCUT2D eigenvalue weighted by molar-refractivity contribution is 0.111. The summed E-state index contributed by atoms with van der Waals surface area (Å²) in [4.78, 5) is 14.5. The Morgan fingerprint density at radius 3 is 3.00 bits per heavy atom. The predicted molar refractivity (Wildman–Crippen MR) is 53.3 cm³/mol. The maximum atomic E-state index is 10.4. The first kappa shape index (κ1) is 8.72. The Morgan fingerprint density at radius 1 is 1.54 bits per heavy atom. The molecule has 2 rings (SSSR count). The molecule has 0 unspecified atom stereocenters. The van der Waals surface area contributed by atoms with Crippen molar-refractivity contribution < 1.29 is 4.79 Å². The van der Waals surface area contributed by atoms with E-state index in [1.54, 1.807) is 22.9 Å². The van der Waals surface area contributed by atoms with Crippen molar-refractivity contribution in [1.29, 1.82) is 0 Å². The molecule has 0 aliphatic heterocycles. The standard InChI is InChI=1S/C8H4BrClN2O/c9-7-1-5(10)2-12-3-6(4-13)11-8(7)12/h1-4H. The lowest BCUT2D eigenvalue weighted by atomic mass is 10.5. The van der Waals surface area contributed by atoms with Gasteiger partial charge in [0.15, 0.2) is 11.9 Å². The molecule has 0 radical (unpaired) electrons. The molecule has 0 atom stereocenters. The second kappa shape index (κ2) is 3.12. The number of aldehydes is 1. The van der Waals surface area contributed by atoms with Crippen LogP contribution in [0.2, 0.25) is 5.02 Å². The molecule has 0 bridgehead atoms. The van der Waals surface area contributed by atoms with Crippen LogP contribution in [0.4, 0.5) is 0 Å². The summed E-state index contributed by atoms with van der Waals surface area (Å²) in [6, 6.07) is 1.73. The number of rotatable bonds is 1. The second-order valence-electron chi connectivity index (χ2n) is 2.52. The number of hydrogen-bond donors (Lipinski definition) is 0. The Bertz CT molecular complexity index is 480. The predicted octanol–water partition coefficient (Wildman–Crippen LogP) is 2.56. The molecule has 66 valence electrons. The molecule has 0 amide bonds. The van der Waals surface area contributed by atoms with Gasteiger partial charge in [-0.05, 0) is 22.0 Å². The van der Waals surface area contributed by atoms with Crippen LogP contribution in [0.5, 0.6) is 0 Å². The molecular weight excluding hydrogens is 255 g/mol. The largest absolute Gasteiger partial charge is 0.304 e. The molecule has 0 aromatic carbocycles. The fraction of sp³-hybridized carbons (Fsp3) is 0. The third-order valence-corrected chi connectivity index (χ3v) is 2.40. The molecule has 3 nitrogen and oxygen atoms in total. The van der Waals surface area contributed by atoms with Gasteiger partial charge in [-0.1, -0.05) is 11.6 Å². The molecule has 0 fully saturated rings. The monoisotopic (exact) mass is 258 g/mol. The maximum Gasteiger partial charge on any atom is 0.170 e. The van der Waals surface area contributed by atoms with Gasteiger partial charge in [0, 0.05) is 12.4 Å². The van der Waals surface area contributed by atoms with Gasteiger partial charge in [0.2, 0.25) is 0 Å². The van der Waals surface area contributed by atoms with Crippen LogP contribution < -0.4 is 0 Å². The lowest BCUT2D eigenvalue weighted by Crippen LogP contribution is -1.83. The maximum absolute atomic E-state index is 10.4. The van der Waals surface area contributed by atoms with Gasteiger partial charge in [-0.25, -0.2) is 4.98 Å². The highest BCUT2D eigenvalue weighted by molar-refractivity contribution is 9.10. The summed E-state index contributed by atoms with van der Waals surface area (Å²) in [6.07, 6.45) is 4.02. The number of nitrogens with zero attached hydrogens (tertiary/aromatic N) is 2. The van der Waals surface area contributed by atoms with Gasteiger partial charge < -0.3 is 4.40 Å².